The summed E-state index contributed by atoms with van der Waals surface area (Å²) in [6.07, 6.45) is 0.0961. The van der Waals surface area contributed by atoms with Gasteiger partial charge in [0, 0.05) is 11.6 Å². The number of nitrogens with one attached hydrogen (secondary N) is 2. The Kier molecular flexibility index (Phi) is 6.42. The molecule has 3 N–H and O–H groups in total. The Morgan fingerprint density at radius 3 is 2.63 bits per heavy atom. The smallest absolute Gasteiger partial charge is 0.319 e. The highest BCUT2D eigenvalue weighted by atomic mass is 35.5. The lowest BCUT2D eigenvalue weighted by Gasteiger charge is -2.15. The summed E-state index contributed by atoms with van der Waals surface area (Å²) < 4.78 is 0. The molecule has 1 atom stereocenters. The third kappa shape index (κ3) is 5.68. The zero-order chi connectivity index (χ0) is 14.4. The summed E-state index contributed by atoms with van der Waals surface area (Å²) in [6.45, 7) is 4.26. The molecular formula is C13H18Cl2N2O2. The van der Waals surface area contributed by atoms with Crippen molar-refractivity contribution in [1.82, 2.24) is 5.32 Å². The maximum Gasteiger partial charge on any atom is 0.319 e. The van der Waals surface area contributed by atoms with Crippen LogP contribution in [0.15, 0.2) is 18.2 Å². The summed E-state index contributed by atoms with van der Waals surface area (Å²) in [5, 5.41) is 15.8. The molecule has 2 amide bonds. The Hall–Kier alpha value is -0.970. The van der Waals surface area contributed by atoms with Crippen molar-refractivity contribution in [2.75, 3.05) is 11.9 Å². The average molecular weight is 305 g/mol. The summed E-state index contributed by atoms with van der Waals surface area (Å²) in [5.74, 6) is 0.176. The van der Waals surface area contributed by atoms with E-state index in [1.54, 1.807) is 18.2 Å². The fourth-order valence-corrected chi connectivity index (χ4v) is 1.88. The molecule has 0 radical (unpaired) electrons. The predicted molar refractivity (Wildman–Crippen MR) is 78.9 cm³/mol. The van der Waals surface area contributed by atoms with Gasteiger partial charge in [0.15, 0.2) is 0 Å². The van der Waals surface area contributed by atoms with E-state index in [0.29, 0.717) is 28.7 Å². The minimum atomic E-state index is -0.417. The largest absolute Gasteiger partial charge is 0.393 e. The summed E-state index contributed by atoms with van der Waals surface area (Å²) in [7, 11) is 0. The number of benzene rings is 1. The van der Waals surface area contributed by atoms with Crippen molar-refractivity contribution in [2.45, 2.75) is 26.4 Å². The van der Waals surface area contributed by atoms with Crippen molar-refractivity contribution in [3.63, 3.8) is 0 Å². The van der Waals surface area contributed by atoms with Crippen molar-refractivity contribution in [2.24, 2.45) is 5.92 Å². The quantitative estimate of drug-likeness (QED) is 0.779. The number of amides is 2. The normalized spacial score (nSPS) is 12.3. The van der Waals surface area contributed by atoms with Crippen LogP contribution in [-0.4, -0.2) is 23.8 Å². The van der Waals surface area contributed by atoms with Gasteiger partial charge in [0.25, 0.3) is 0 Å². The van der Waals surface area contributed by atoms with Gasteiger partial charge in [-0.3, -0.25) is 0 Å². The number of rotatable bonds is 5. The molecule has 106 valence electrons. The first kappa shape index (κ1) is 16.1. The van der Waals surface area contributed by atoms with Crippen LogP contribution in [0, 0.1) is 5.92 Å². The Bertz CT molecular complexity index is 439. The van der Waals surface area contributed by atoms with Gasteiger partial charge in [0.05, 0.1) is 16.8 Å². The van der Waals surface area contributed by atoms with Crippen molar-refractivity contribution in [1.29, 1.82) is 0 Å². The number of hydrogen-bond acceptors (Lipinski definition) is 2. The zero-order valence-corrected chi connectivity index (χ0v) is 12.4. The molecular weight excluding hydrogens is 287 g/mol. The number of carbonyl (C=O) groups is 1. The second kappa shape index (κ2) is 7.58. The first-order chi connectivity index (χ1) is 8.90. The second-order valence-electron chi connectivity index (χ2n) is 4.61. The molecule has 4 nitrogen and oxygen atoms in total. The van der Waals surface area contributed by atoms with Crippen LogP contribution < -0.4 is 10.6 Å². The van der Waals surface area contributed by atoms with Crippen LogP contribution in [0.1, 0.15) is 20.3 Å². The molecule has 0 aliphatic carbocycles. The van der Waals surface area contributed by atoms with Crippen LogP contribution in [0.4, 0.5) is 10.5 Å². The summed E-state index contributed by atoms with van der Waals surface area (Å²) in [6, 6.07) is 4.47. The first-order valence-corrected chi connectivity index (χ1v) is 6.83. The topological polar surface area (TPSA) is 61.4 Å². The number of carbonyl (C=O) groups excluding carboxylic acids is 1. The highest BCUT2D eigenvalue weighted by Crippen LogP contribution is 2.25. The molecule has 0 aliphatic rings. The van der Waals surface area contributed by atoms with Gasteiger partial charge in [0.2, 0.25) is 0 Å². The van der Waals surface area contributed by atoms with Crippen LogP contribution in [0.5, 0.6) is 0 Å². The van der Waals surface area contributed by atoms with E-state index in [1.807, 2.05) is 13.8 Å². The van der Waals surface area contributed by atoms with Crippen LogP contribution >= 0.6 is 23.2 Å². The molecule has 1 rings (SSSR count). The molecule has 0 aliphatic heterocycles. The highest BCUT2D eigenvalue weighted by Gasteiger charge is 2.10. The maximum absolute atomic E-state index is 11.6. The summed E-state index contributed by atoms with van der Waals surface area (Å²) in [5.41, 5.74) is 0.493. The Morgan fingerprint density at radius 1 is 1.37 bits per heavy atom. The second-order valence-corrected chi connectivity index (χ2v) is 5.45. The number of aliphatic hydroxyl groups is 1. The lowest BCUT2D eigenvalue weighted by molar-refractivity contribution is 0.117. The minimum absolute atomic E-state index is 0.176. The third-order valence-corrected chi connectivity index (χ3v) is 3.22. The standard InChI is InChI=1S/C13H18Cl2N2O2/c1-8(2)12(18)5-6-16-13(19)17-11-4-3-9(14)7-10(11)15/h3-4,7-8,12,18H,5-6H2,1-2H3,(H2,16,17,19). The van der Waals surface area contributed by atoms with Gasteiger partial charge in [-0.05, 0) is 30.5 Å². The van der Waals surface area contributed by atoms with Gasteiger partial charge in [0.1, 0.15) is 0 Å². The Labute approximate surface area is 123 Å². The number of aliphatic hydroxyl groups excluding tert-OH is 1. The maximum atomic E-state index is 11.6. The molecule has 1 unspecified atom stereocenters. The van der Waals surface area contributed by atoms with Gasteiger partial charge < -0.3 is 15.7 Å². The van der Waals surface area contributed by atoms with Gasteiger partial charge in [-0.1, -0.05) is 37.0 Å². The lowest BCUT2D eigenvalue weighted by atomic mass is 10.0. The van der Waals surface area contributed by atoms with Crippen LogP contribution in [0.25, 0.3) is 0 Å². The number of anilines is 1. The molecule has 1 aromatic rings. The number of urea groups is 1. The van der Waals surface area contributed by atoms with Gasteiger partial charge in [-0.25, -0.2) is 4.79 Å². The first-order valence-electron chi connectivity index (χ1n) is 6.08. The van der Waals surface area contributed by atoms with E-state index >= 15 is 0 Å². The molecule has 0 heterocycles. The summed E-state index contributed by atoms with van der Waals surface area (Å²) >= 11 is 11.7. The average Bonchev–Trinajstić information content (AvgIpc) is 2.32. The van der Waals surface area contributed by atoms with Gasteiger partial charge in [-0.2, -0.15) is 0 Å². The van der Waals surface area contributed by atoms with Crippen LogP contribution in [0.2, 0.25) is 10.0 Å². The molecule has 0 aromatic heterocycles. The van der Waals surface area contributed by atoms with Crippen LogP contribution in [0.3, 0.4) is 0 Å². The summed E-state index contributed by atoms with van der Waals surface area (Å²) in [4.78, 5) is 11.6. The molecule has 0 saturated heterocycles. The van der Waals surface area contributed by atoms with E-state index in [-0.39, 0.29) is 11.9 Å². The molecule has 19 heavy (non-hydrogen) atoms. The Morgan fingerprint density at radius 2 is 2.05 bits per heavy atom. The van der Waals surface area contributed by atoms with Crippen molar-refractivity contribution >= 4 is 34.9 Å². The fraction of sp³-hybridized carbons (Fsp3) is 0.462. The number of halogens is 2. The van der Waals surface area contributed by atoms with Gasteiger partial charge >= 0.3 is 6.03 Å². The van der Waals surface area contributed by atoms with Crippen molar-refractivity contribution in [3.8, 4) is 0 Å². The monoisotopic (exact) mass is 304 g/mol. The molecule has 1 aromatic carbocycles. The van der Waals surface area contributed by atoms with Crippen molar-refractivity contribution < 1.29 is 9.90 Å². The molecule has 6 heteroatoms. The molecule has 0 fully saturated rings. The van der Waals surface area contributed by atoms with E-state index in [9.17, 15) is 9.90 Å². The third-order valence-electron chi connectivity index (χ3n) is 2.67. The fourth-order valence-electron chi connectivity index (χ4n) is 1.42. The zero-order valence-electron chi connectivity index (χ0n) is 10.9. The SMILES string of the molecule is CC(C)C(O)CCNC(=O)Nc1ccc(Cl)cc1Cl. The molecule has 0 spiro atoms. The van der Waals surface area contributed by atoms with E-state index < -0.39 is 6.10 Å². The number of hydrogen-bond donors (Lipinski definition) is 3. The molecule has 0 bridgehead atoms. The van der Waals surface area contributed by atoms with E-state index in [1.165, 1.54) is 0 Å². The van der Waals surface area contributed by atoms with Crippen LogP contribution in [-0.2, 0) is 0 Å². The van der Waals surface area contributed by atoms with E-state index in [4.69, 9.17) is 23.2 Å². The molecule has 0 saturated carbocycles. The Balaban J connectivity index is 2.39. The van der Waals surface area contributed by atoms with Crippen molar-refractivity contribution in [3.05, 3.63) is 28.2 Å². The minimum Gasteiger partial charge on any atom is -0.393 e. The van der Waals surface area contributed by atoms with E-state index in [0.717, 1.165) is 0 Å². The van der Waals surface area contributed by atoms with Gasteiger partial charge in [-0.15, -0.1) is 0 Å². The van der Waals surface area contributed by atoms with E-state index in [2.05, 4.69) is 10.6 Å². The predicted octanol–water partition coefficient (Wildman–Crippen LogP) is 3.52. The highest BCUT2D eigenvalue weighted by molar-refractivity contribution is 6.36. The lowest BCUT2D eigenvalue weighted by Crippen LogP contribution is -2.32.